The molecule has 5 nitrogen and oxygen atoms in total. The number of ether oxygens (including phenoxy) is 1. The van der Waals surface area contributed by atoms with Gasteiger partial charge in [-0.1, -0.05) is 42.5 Å². The molecule has 0 aromatic heterocycles. The zero-order valence-electron chi connectivity index (χ0n) is 14.3. The lowest BCUT2D eigenvalue weighted by molar-refractivity contribution is -0.118. The standard InChI is InChI=1S/C18H23N3O2.2ClH/c1-21(12-14-8-4-3-5-9-14)17-11-7-6-10-16(17)20-18(22)15(19)13-23-2;;/h3-11,15H,12-13,19H2,1-2H3,(H,20,22);2*1H. The van der Waals surface area contributed by atoms with Gasteiger partial charge in [0.05, 0.1) is 18.0 Å². The summed E-state index contributed by atoms with van der Waals surface area (Å²) in [6.45, 7) is 0.936. The van der Waals surface area contributed by atoms with Crippen LogP contribution in [0.25, 0.3) is 0 Å². The minimum atomic E-state index is -0.688. The SMILES string of the molecule is COCC(N)C(=O)Nc1ccccc1N(C)Cc1ccccc1.Cl.Cl. The van der Waals surface area contributed by atoms with Gasteiger partial charge in [0.2, 0.25) is 5.91 Å². The maximum Gasteiger partial charge on any atom is 0.243 e. The highest BCUT2D eigenvalue weighted by atomic mass is 35.5. The van der Waals surface area contributed by atoms with Crippen LogP contribution in [0, 0.1) is 0 Å². The number of carbonyl (C=O) groups is 1. The number of halogens is 2. The molecule has 1 unspecified atom stereocenters. The van der Waals surface area contributed by atoms with Crippen molar-refractivity contribution in [1.29, 1.82) is 0 Å². The van der Waals surface area contributed by atoms with Crippen LogP contribution < -0.4 is 16.0 Å². The predicted molar refractivity (Wildman–Crippen MR) is 108 cm³/mol. The van der Waals surface area contributed by atoms with Crippen molar-refractivity contribution in [3.05, 3.63) is 60.2 Å². The number of benzene rings is 2. The molecule has 0 radical (unpaired) electrons. The Hall–Kier alpha value is -1.79. The van der Waals surface area contributed by atoms with E-state index in [4.69, 9.17) is 10.5 Å². The van der Waals surface area contributed by atoms with Crippen LogP contribution in [0.5, 0.6) is 0 Å². The maximum absolute atomic E-state index is 12.1. The Balaban J connectivity index is 0.00000288. The van der Waals surface area contributed by atoms with E-state index in [0.717, 1.165) is 17.9 Å². The molecule has 0 aliphatic heterocycles. The summed E-state index contributed by atoms with van der Waals surface area (Å²) < 4.78 is 4.92. The minimum absolute atomic E-state index is 0. The highest BCUT2D eigenvalue weighted by Crippen LogP contribution is 2.26. The zero-order valence-corrected chi connectivity index (χ0v) is 16.0. The Morgan fingerprint density at radius 3 is 2.36 bits per heavy atom. The van der Waals surface area contributed by atoms with Gasteiger partial charge in [0.15, 0.2) is 0 Å². The predicted octanol–water partition coefficient (Wildman–Crippen LogP) is 3.08. The van der Waals surface area contributed by atoms with Crippen molar-refractivity contribution in [1.82, 2.24) is 0 Å². The second kappa shape index (κ2) is 11.7. The second-order valence-electron chi connectivity index (χ2n) is 5.41. The highest BCUT2D eigenvalue weighted by molar-refractivity contribution is 5.97. The summed E-state index contributed by atoms with van der Waals surface area (Å²) in [5.74, 6) is -0.257. The molecular formula is C18H25Cl2N3O2. The lowest BCUT2D eigenvalue weighted by atomic mass is 10.2. The fourth-order valence-electron chi connectivity index (χ4n) is 2.34. The number of para-hydroxylation sites is 2. The first-order valence-corrected chi connectivity index (χ1v) is 7.51. The smallest absolute Gasteiger partial charge is 0.243 e. The summed E-state index contributed by atoms with van der Waals surface area (Å²) in [6, 6.07) is 17.2. The molecule has 0 aliphatic carbocycles. The number of anilines is 2. The average molecular weight is 386 g/mol. The number of hydrogen-bond donors (Lipinski definition) is 2. The zero-order chi connectivity index (χ0) is 16.7. The Labute approximate surface area is 161 Å². The molecule has 0 spiro atoms. The van der Waals surface area contributed by atoms with Crippen molar-refractivity contribution in [3.63, 3.8) is 0 Å². The number of hydrogen-bond acceptors (Lipinski definition) is 4. The maximum atomic E-state index is 12.1. The van der Waals surface area contributed by atoms with E-state index in [-0.39, 0.29) is 37.3 Å². The number of carbonyl (C=O) groups excluding carboxylic acids is 1. The topological polar surface area (TPSA) is 67.6 Å². The van der Waals surface area contributed by atoms with Crippen LogP contribution in [0.3, 0.4) is 0 Å². The monoisotopic (exact) mass is 385 g/mol. The second-order valence-corrected chi connectivity index (χ2v) is 5.41. The van der Waals surface area contributed by atoms with Crippen LogP contribution in [0.4, 0.5) is 11.4 Å². The Kier molecular flexibility index (Phi) is 10.9. The fourth-order valence-corrected chi connectivity index (χ4v) is 2.34. The number of amides is 1. The van der Waals surface area contributed by atoms with Crippen LogP contribution in [0.1, 0.15) is 5.56 Å². The van der Waals surface area contributed by atoms with Crippen LogP contribution >= 0.6 is 24.8 Å². The van der Waals surface area contributed by atoms with Crippen LogP contribution in [0.15, 0.2) is 54.6 Å². The minimum Gasteiger partial charge on any atom is -0.383 e. The highest BCUT2D eigenvalue weighted by Gasteiger charge is 2.16. The van der Waals surface area contributed by atoms with Gasteiger partial charge in [-0.05, 0) is 17.7 Å². The number of rotatable bonds is 7. The van der Waals surface area contributed by atoms with E-state index >= 15 is 0 Å². The van der Waals surface area contributed by atoms with E-state index in [2.05, 4.69) is 22.3 Å². The van der Waals surface area contributed by atoms with Crippen molar-refractivity contribution in [2.24, 2.45) is 5.73 Å². The van der Waals surface area contributed by atoms with Crippen molar-refractivity contribution >= 4 is 42.1 Å². The summed E-state index contributed by atoms with van der Waals surface area (Å²) in [6.07, 6.45) is 0. The van der Waals surface area contributed by atoms with E-state index in [9.17, 15) is 4.79 Å². The van der Waals surface area contributed by atoms with Gasteiger partial charge in [-0.3, -0.25) is 4.79 Å². The molecule has 2 aromatic rings. The molecule has 3 N–H and O–H groups in total. The van der Waals surface area contributed by atoms with Crippen molar-refractivity contribution < 1.29 is 9.53 Å². The molecular weight excluding hydrogens is 361 g/mol. The molecule has 138 valence electrons. The van der Waals surface area contributed by atoms with E-state index in [0.29, 0.717) is 0 Å². The van der Waals surface area contributed by atoms with Crippen molar-refractivity contribution in [2.45, 2.75) is 12.6 Å². The van der Waals surface area contributed by atoms with E-state index in [1.54, 1.807) is 0 Å². The first-order chi connectivity index (χ1) is 11.1. The largest absolute Gasteiger partial charge is 0.383 e. The number of nitrogens with two attached hydrogens (primary N) is 1. The summed E-state index contributed by atoms with van der Waals surface area (Å²) in [4.78, 5) is 14.2. The third-order valence-corrected chi connectivity index (χ3v) is 3.52. The molecule has 1 atom stereocenters. The molecule has 0 heterocycles. The molecule has 0 bridgehead atoms. The van der Waals surface area contributed by atoms with Gasteiger partial charge in [0.25, 0.3) is 0 Å². The normalized spacial score (nSPS) is 10.8. The van der Waals surface area contributed by atoms with Gasteiger partial charge in [-0.15, -0.1) is 24.8 Å². The van der Waals surface area contributed by atoms with Gasteiger partial charge >= 0.3 is 0 Å². The molecule has 25 heavy (non-hydrogen) atoms. The van der Waals surface area contributed by atoms with Crippen LogP contribution in [-0.4, -0.2) is 32.7 Å². The number of nitrogens with zero attached hydrogens (tertiary/aromatic N) is 1. The molecule has 0 saturated carbocycles. The number of nitrogens with one attached hydrogen (secondary N) is 1. The molecule has 0 saturated heterocycles. The van der Waals surface area contributed by atoms with Gasteiger partial charge in [0.1, 0.15) is 6.04 Å². The summed E-state index contributed by atoms with van der Waals surface area (Å²) >= 11 is 0. The summed E-state index contributed by atoms with van der Waals surface area (Å²) in [5.41, 5.74) is 8.65. The van der Waals surface area contributed by atoms with Crippen LogP contribution in [-0.2, 0) is 16.1 Å². The van der Waals surface area contributed by atoms with E-state index in [1.807, 2.05) is 49.5 Å². The molecule has 2 rings (SSSR count). The van der Waals surface area contributed by atoms with Gasteiger partial charge in [0, 0.05) is 20.7 Å². The van der Waals surface area contributed by atoms with Gasteiger partial charge in [-0.2, -0.15) is 0 Å². The molecule has 1 amide bonds. The van der Waals surface area contributed by atoms with Crippen molar-refractivity contribution in [3.8, 4) is 0 Å². The van der Waals surface area contributed by atoms with Crippen molar-refractivity contribution in [2.75, 3.05) is 31.0 Å². The number of methoxy groups -OCH3 is 1. The Bertz CT molecular complexity index is 641. The van der Waals surface area contributed by atoms with Gasteiger partial charge < -0.3 is 20.7 Å². The molecule has 0 fully saturated rings. The summed E-state index contributed by atoms with van der Waals surface area (Å²) in [7, 11) is 3.52. The lowest BCUT2D eigenvalue weighted by Crippen LogP contribution is -2.39. The summed E-state index contributed by atoms with van der Waals surface area (Å²) in [5, 5.41) is 2.88. The quantitative estimate of drug-likeness (QED) is 0.768. The Morgan fingerprint density at radius 2 is 1.72 bits per heavy atom. The van der Waals surface area contributed by atoms with Crippen LogP contribution in [0.2, 0.25) is 0 Å². The molecule has 0 aliphatic rings. The molecule has 7 heteroatoms. The lowest BCUT2D eigenvalue weighted by Gasteiger charge is -2.23. The average Bonchev–Trinajstić information content (AvgIpc) is 2.56. The first kappa shape index (κ1) is 23.2. The fraction of sp³-hybridized carbons (Fsp3) is 0.278. The Morgan fingerprint density at radius 1 is 1.12 bits per heavy atom. The van der Waals surface area contributed by atoms with E-state index in [1.165, 1.54) is 12.7 Å². The van der Waals surface area contributed by atoms with Gasteiger partial charge in [-0.25, -0.2) is 0 Å². The molecule has 2 aromatic carbocycles. The van der Waals surface area contributed by atoms with E-state index < -0.39 is 6.04 Å². The third kappa shape index (κ3) is 6.92. The third-order valence-electron chi connectivity index (χ3n) is 3.52. The first-order valence-electron chi connectivity index (χ1n) is 7.51.